The Balaban J connectivity index is 1.81. The molecule has 2 aromatic carbocycles. The molecule has 4 rings (SSSR count). The zero-order valence-electron chi connectivity index (χ0n) is 17.6. The second-order valence-corrected chi connectivity index (χ2v) is 9.17. The molecule has 4 heteroatoms. The molecule has 0 N–H and O–H groups in total. The summed E-state index contributed by atoms with van der Waals surface area (Å²) in [6.07, 6.45) is 1.45. The van der Waals surface area contributed by atoms with E-state index in [4.69, 9.17) is 19.7 Å². The van der Waals surface area contributed by atoms with Crippen molar-refractivity contribution >= 4 is 11.4 Å². The van der Waals surface area contributed by atoms with Gasteiger partial charge in [-0.15, -0.1) is 0 Å². The topological polar surface area (TPSA) is 43.2 Å². The molecular formula is C24H28N2O2. The Labute approximate surface area is 167 Å². The maximum atomic E-state index is 6.15. The van der Waals surface area contributed by atoms with E-state index in [9.17, 15) is 0 Å². The fraction of sp³-hybridized carbons (Fsp3) is 0.417. The van der Waals surface area contributed by atoms with Gasteiger partial charge in [0.05, 0.1) is 11.4 Å². The van der Waals surface area contributed by atoms with Gasteiger partial charge in [-0.05, 0) is 65.8 Å². The quantitative estimate of drug-likeness (QED) is 0.606. The minimum Gasteiger partial charge on any atom is -0.487 e. The Hall–Kier alpha value is -2.62. The molecule has 0 saturated carbocycles. The van der Waals surface area contributed by atoms with Crippen molar-refractivity contribution in [1.82, 2.24) is 0 Å². The zero-order chi connectivity index (χ0) is 20.1. The van der Waals surface area contributed by atoms with Gasteiger partial charge in [-0.1, -0.05) is 23.3 Å². The van der Waals surface area contributed by atoms with Gasteiger partial charge in [0.15, 0.2) is 0 Å². The number of ether oxygens (including phenoxy) is 2. The molecule has 2 aromatic rings. The van der Waals surface area contributed by atoms with Crippen LogP contribution in [0.2, 0.25) is 0 Å². The summed E-state index contributed by atoms with van der Waals surface area (Å²) in [5.41, 5.74) is 5.81. The van der Waals surface area contributed by atoms with Crippen LogP contribution in [0.5, 0.6) is 11.5 Å². The van der Waals surface area contributed by atoms with Crippen LogP contribution in [0.15, 0.2) is 46.6 Å². The minimum atomic E-state index is -0.301. The second kappa shape index (κ2) is 6.47. The van der Waals surface area contributed by atoms with Crippen molar-refractivity contribution in [3.63, 3.8) is 0 Å². The van der Waals surface area contributed by atoms with Crippen molar-refractivity contribution in [3.05, 3.63) is 58.7 Å². The van der Waals surface area contributed by atoms with E-state index in [-0.39, 0.29) is 11.2 Å². The molecular weight excluding hydrogens is 348 g/mol. The van der Waals surface area contributed by atoms with Gasteiger partial charge in [0.25, 0.3) is 0 Å². The molecule has 0 atom stereocenters. The van der Waals surface area contributed by atoms with Gasteiger partial charge in [-0.3, -0.25) is 0 Å². The first-order chi connectivity index (χ1) is 13.1. The predicted molar refractivity (Wildman–Crippen MR) is 114 cm³/mol. The highest BCUT2D eigenvalue weighted by atomic mass is 16.5. The summed E-state index contributed by atoms with van der Waals surface area (Å²) in [5, 5.41) is 9.50. The number of fused-ring (bicyclic) bond motifs is 2. The smallest absolute Gasteiger partial charge is 0.129 e. The molecule has 0 unspecified atom stereocenters. The Morgan fingerprint density at radius 2 is 1.07 bits per heavy atom. The van der Waals surface area contributed by atoms with E-state index in [0.29, 0.717) is 0 Å². The fourth-order valence-electron chi connectivity index (χ4n) is 3.88. The van der Waals surface area contributed by atoms with Crippen LogP contribution < -0.4 is 9.47 Å². The normalized spacial score (nSPS) is 22.2. The SMILES string of the molecule is Cc1ccc2c(c1)/C(=N\N=C1/CC(C)(C)Oc3ccc(C)cc31)CC(C)(C)O2. The maximum absolute atomic E-state index is 6.15. The summed E-state index contributed by atoms with van der Waals surface area (Å²) in [7, 11) is 0. The number of hydrogen-bond donors (Lipinski definition) is 0. The van der Waals surface area contributed by atoms with Gasteiger partial charge < -0.3 is 9.47 Å². The first-order valence-corrected chi connectivity index (χ1v) is 9.85. The van der Waals surface area contributed by atoms with Gasteiger partial charge in [-0.25, -0.2) is 0 Å². The van der Waals surface area contributed by atoms with Crippen LogP contribution >= 0.6 is 0 Å². The van der Waals surface area contributed by atoms with E-state index in [2.05, 4.69) is 65.8 Å². The highest BCUT2D eigenvalue weighted by Crippen LogP contribution is 2.36. The zero-order valence-corrected chi connectivity index (χ0v) is 17.6. The van der Waals surface area contributed by atoms with Crippen LogP contribution in [-0.2, 0) is 0 Å². The van der Waals surface area contributed by atoms with E-state index in [0.717, 1.165) is 46.9 Å². The molecule has 146 valence electrons. The lowest BCUT2D eigenvalue weighted by atomic mass is 9.91. The summed E-state index contributed by atoms with van der Waals surface area (Å²) in [6.45, 7) is 12.5. The third-order valence-electron chi connectivity index (χ3n) is 5.14. The lowest BCUT2D eigenvalue weighted by Crippen LogP contribution is -2.37. The predicted octanol–water partition coefficient (Wildman–Crippen LogP) is 5.62. The van der Waals surface area contributed by atoms with Gasteiger partial charge >= 0.3 is 0 Å². The van der Waals surface area contributed by atoms with Crippen LogP contribution in [0, 0.1) is 13.8 Å². The third kappa shape index (κ3) is 3.68. The Morgan fingerprint density at radius 1 is 0.679 bits per heavy atom. The van der Waals surface area contributed by atoms with Gasteiger partial charge in [0.2, 0.25) is 0 Å². The summed E-state index contributed by atoms with van der Waals surface area (Å²) >= 11 is 0. The molecule has 0 amide bonds. The average Bonchev–Trinajstić information content (AvgIpc) is 2.59. The van der Waals surface area contributed by atoms with E-state index in [1.165, 1.54) is 11.1 Å². The molecule has 2 heterocycles. The fourth-order valence-corrected chi connectivity index (χ4v) is 3.88. The molecule has 0 aromatic heterocycles. The molecule has 2 aliphatic heterocycles. The van der Waals surface area contributed by atoms with Crippen molar-refractivity contribution in [1.29, 1.82) is 0 Å². The molecule has 4 nitrogen and oxygen atoms in total. The van der Waals surface area contributed by atoms with Crippen LogP contribution in [-0.4, -0.2) is 22.6 Å². The number of hydrogen-bond acceptors (Lipinski definition) is 4. The van der Waals surface area contributed by atoms with Crippen LogP contribution in [0.4, 0.5) is 0 Å². The standard InChI is InChI=1S/C24H28N2O2/c1-15-7-9-21-17(11-15)19(13-23(3,4)27-21)25-26-20-14-24(5,6)28-22-10-8-16(2)12-18(20)22/h7-12H,13-14H2,1-6H3/b25-19-,26-20+. The van der Waals surface area contributed by atoms with Crippen molar-refractivity contribution < 1.29 is 9.47 Å². The molecule has 2 aliphatic rings. The Morgan fingerprint density at radius 3 is 1.46 bits per heavy atom. The van der Waals surface area contributed by atoms with Crippen LogP contribution in [0.25, 0.3) is 0 Å². The Bertz CT molecular complexity index is 918. The largest absolute Gasteiger partial charge is 0.487 e. The minimum absolute atomic E-state index is 0.301. The van der Waals surface area contributed by atoms with Crippen LogP contribution in [0.3, 0.4) is 0 Å². The first-order valence-electron chi connectivity index (χ1n) is 9.85. The molecule has 0 aliphatic carbocycles. The lowest BCUT2D eigenvalue weighted by molar-refractivity contribution is 0.110. The third-order valence-corrected chi connectivity index (χ3v) is 5.14. The summed E-state index contributed by atoms with van der Waals surface area (Å²) in [4.78, 5) is 0. The molecule has 0 fully saturated rings. The molecule has 0 radical (unpaired) electrons. The van der Waals surface area contributed by atoms with Gasteiger partial charge in [0, 0.05) is 24.0 Å². The molecule has 0 spiro atoms. The van der Waals surface area contributed by atoms with Gasteiger partial charge in [-0.2, -0.15) is 10.2 Å². The monoisotopic (exact) mass is 376 g/mol. The van der Waals surface area contributed by atoms with E-state index in [1.807, 2.05) is 12.1 Å². The van der Waals surface area contributed by atoms with Crippen LogP contribution in [0.1, 0.15) is 62.8 Å². The van der Waals surface area contributed by atoms with Crippen molar-refractivity contribution in [2.75, 3.05) is 0 Å². The van der Waals surface area contributed by atoms with E-state index >= 15 is 0 Å². The number of nitrogens with zero attached hydrogens (tertiary/aromatic N) is 2. The van der Waals surface area contributed by atoms with Crippen molar-refractivity contribution in [2.24, 2.45) is 10.2 Å². The highest BCUT2D eigenvalue weighted by Gasteiger charge is 2.33. The van der Waals surface area contributed by atoms with E-state index < -0.39 is 0 Å². The summed E-state index contributed by atoms with van der Waals surface area (Å²) < 4.78 is 12.3. The van der Waals surface area contributed by atoms with Crippen molar-refractivity contribution in [3.8, 4) is 11.5 Å². The molecule has 0 saturated heterocycles. The molecule has 0 bridgehead atoms. The summed E-state index contributed by atoms with van der Waals surface area (Å²) in [5.74, 6) is 1.76. The average molecular weight is 377 g/mol. The summed E-state index contributed by atoms with van der Waals surface area (Å²) in [6, 6.07) is 12.5. The number of benzene rings is 2. The van der Waals surface area contributed by atoms with E-state index in [1.54, 1.807) is 0 Å². The van der Waals surface area contributed by atoms with Crippen molar-refractivity contribution in [2.45, 2.75) is 65.6 Å². The number of rotatable bonds is 1. The highest BCUT2D eigenvalue weighted by molar-refractivity contribution is 6.07. The maximum Gasteiger partial charge on any atom is 0.129 e. The first kappa shape index (κ1) is 18.7. The second-order valence-electron chi connectivity index (χ2n) is 9.17. The van der Waals surface area contributed by atoms with Gasteiger partial charge in [0.1, 0.15) is 22.7 Å². The molecule has 28 heavy (non-hydrogen) atoms. The number of aryl methyl sites for hydroxylation is 2. The lowest BCUT2D eigenvalue weighted by Gasteiger charge is -2.34. The Kier molecular flexibility index (Phi) is 4.33.